The van der Waals surface area contributed by atoms with Gasteiger partial charge in [0.05, 0.1) is 35.3 Å². The number of amides is 6. The second-order valence-electron chi connectivity index (χ2n) is 33.8. The monoisotopic (exact) mass is 1560 g/mol. The Morgan fingerprint density at radius 2 is 0.658 bits per heavy atom. The quantitative estimate of drug-likeness (QED) is 0.0400. The van der Waals surface area contributed by atoms with Crippen molar-refractivity contribution in [2.45, 2.75) is 180 Å². The second-order valence-corrected chi connectivity index (χ2v) is 33.8. The van der Waals surface area contributed by atoms with Crippen LogP contribution in [0.25, 0.3) is 21.5 Å². The van der Waals surface area contributed by atoms with Gasteiger partial charge in [-0.2, -0.15) is 0 Å². The Bertz CT molecular complexity index is 4510. The van der Waals surface area contributed by atoms with Gasteiger partial charge in [0, 0.05) is 146 Å². The van der Waals surface area contributed by atoms with Crippen LogP contribution in [0.3, 0.4) is 0 Å². The van der Waals surface area contributed by atoms with Crippen LogP contribution in [0.4, 0.5) is 76.6 Å². The van der Waals surface area contributed by atoms with Gasteiger partial charge in [-0.05, 0) is 180 Å². The molecule has 12 rings (SSSR count). The number of hydrogen-bond donors (Lipinski definition) is 14. The van der Waals surface area contributed by atoms with Crippen molar-refractivity contribution in [1.29, 1.82) is 0 Å². The maximum absolute atomic E-state index is 13.4. The van der Waals surface area contributed by atoms with Gasteiger partial charge in [-0.15, -0.1) is 0 Å². The van der Waals surface area contributed by atoms with E-state index in [-0.39, 0.29) is 65.8 Å². The van der Waals surface area contributed by atoms with Crippen molar-refractivity contribution in [1.82, 2.24) is 31.2 Å². The van der Waals surface area contributed by atoms with Gasteiger partial charge in [-0.3, -0.25) is 9.59 Å². The van der Waals surface area contributed by atoms with Gasteiger partial charge in [0.2, 0.25) is 0 Å². The summed E-state index contributed by atoms with van der Waals surface area (Å²) in [6.45, 7) is 25.3. The molecule has 0 aliphatic carbocycles. The molecule has 6 amide bonds. The number of aromatic nitrogens is 2. The number of nitrogens with one attached hydrogen (secondary N) is 8. The van der Waals surface area contributed by atoms with Crippen LogP contribution in [0.5, 0.6) is 11.5 Å². The predicted octanol–water partition coefficient (Wildman–Crippen LogP) is 11.6. The van der Waals surface area contributed by atoms with E-state index < -0.39 is 76.9 Å². The van der Waals surface area contributed by atoms with E-state index >= 15 is 0 Å². The topological polar surface area (TPSA) is 419 Å². The predicted molar refractivity (Wildman–Crippen MR) is 447 cm³/mol. The van der Waals surface area contributed by atoms with E-state index in [0.717, 1.165) is 40.8 Å². The lowest BCUT2D eigenvalue weighted by Gasteiger charge is -2.41. The second kappa shape index (κ2) is 35.2. The van der Waals surface area contributed by atoms with Crippen LogP contribution in [-0.4, -0.2) is 179 Å². The average molecular weight is 1560 g/mol. The molecule has 30 nitrogen and oxygen atoms in total. The molecule has 0 spiro atoms. The number of benzene rings is 6. The largest absolute Gasteiger partial charge is 0.506 e. The minimum absolute atomic E-state index is 0.00659. The van der Waals surface area contributed by atoms with Crippen LogP contribution in [0.1, 0.15) is 129 Å². The lowest BCUT2D eigenvalue weighted by molar-refractivity contribution is 0.0452. The SMILES string of the molecule is CC(C)(C)OC(=O)N[C@@H]1C[C@H](NC(=O)OC(C)(C)C)CN(c2cc(Nc3ccc(NC(=O)c4ccc5ccccc5c4O)cc3)nc(N3C[C@H](NC(=O)OC(C)(C)C)C[C@H](NC(=O)OC(C)(C)C)C3)c2)C1.N[C@@H]1C[C@H](N)CN(c2cc(Nc3ccc(NC(=O)c4ccc5ccccc5c4O)cc3)nc(N3C[C@H](N)C[C@H](N)C3)c2)C1. The highest BCUT2D eigenvalue weighted by Crippen LogP contribution is 2.36. The summed E-state index contributed by atoms with van der Waals surface area (Å²) in [6.07, 6.45) is -0.120. The van der Waals surface area contributed by atoms with Crippen LogP contribution in [0.2, 0.25) is 0 Å². The molecule has 4 aliphatic rings. The van der Waals surface area contributed by atoms with Gasteiger partial charge < -0.3 is 114 Å². The van der Waals surface area contributed by atoms with E-state index in [9.17, 15) is 39.0 Å². The molecule has 4 saturated heterocycles. The zero-order chi connectivity index (χ0) is 82.1. The molecular formula is C84H110N18O12. The van der Waals surface area contributed by atoms with E-state index in [4.69, 9.17) is 51.9 Å². The summed E-state index contributed by atoms with van der Waals surface area (Å²) in [7, 11) is 0. The molecule has 8 atom stereocenters. The molecular weight excluding hydrogens is 1450 g/mol. The Hall–Kier alpha value is -11.6. The zero-order valence-corrected chi connectivity index (χ0v) is 66.9. The molecule has 0 bridgehead atoms. The molecule has 6 heterocycles. The highest BCUT2D eigenvalue weighted by Gasteiger charge is 2.37. The van der Waals surface area contributed by atoms with E-state index in [1.807, 2.05) is 76.5 Å². The van der Waals surface area contributed by atoms with E-state index in [0.29, 0.717) is 103 Å². The lowest BCUT2D eigenvalue weighted by Crippen LogP contribution is -2.58. The summed E-state index contributed by atoms with van der Waals surface area (Å²) in [5.41, 5.74) is 26.7. The van der Waals surface area contributed by atoms with E-state index in [1.54, 1.807) is 156 Å². The highest BCUT2D eigenvalue weighted by molar-refractivity contribution is 6.11. The lowest BCUT2D eigenvalue weighted by atomic mass is 9.99. The summed E-state index contributed by atoms with van der Waals surface area (Å²) in [5, 5.41) is 49.0. The van der Waals surface area contributed by atoms with Crippen LogP contribution in [-0.2, 0) is 18.9 Å². The number of carbonyl (C=O) groups excluding carboxylic acids is 6. The first-order chi connectivity index (χ1) is 53.7. The number of aromatic hydroxyl groups is 2. The summed E-state index contributed by atoms with van der Waals surface area (Å²) < 4.78 is 22.5. The number of hydrogen-bond acceptors (Lipinski definition) is 24. The van der Waals surface area contributed by atoms with Gasteiger partial charge in [0.15, 0.2) is 0 Å². The van der Waals surface area contributed by atoms with Crippen LogP contribution in [0.15, 0.2) is 146 Å². The van der Waals surface area contributed by atoms with Crippen molar-refractivity contribution in [3.05, 3.63) is 157 Å². The molecule has 608 valence electrons. The minimum atomic E-state index is -0.756. The van der Waals surface area contributed by atoms with Crippen molar-refractivity contribution in [2.24, 2.45) is 22.9 Å². The summed E-state index contributed by atoms with van der Waals surface area (Å²) in [6, 6.07) is 41.6. The summed E-state index contributed by atoms with van der Waals surface area (Å²) in [4.78, 5) is 97.4. The van der Waals surface area contributed by atoms with Crippen molar-refractivity contribution in [3.8, 4) is 11.5 Å². The fourth-order valence-electron chi connectivity index (χ4n) is 14.3. The standard InChI is InChI=1S/C52H71N9O10.C32H39N9O2/c1-49(2,3)68-45(64)55-34-23-35(56-46(65)69-50(4,5)6)28-60(27-34)38-25-41(53-32-18-20-33(21-19-32)54-44(63)40-22-17-31-15-13-14-16-39(31)43(40)62)59-42(26-38)61-29-36(57-47(66)70-51(7,8)9)24-37(30-61)58-48(67)71-52(10,11)12;33-20-11-21(34)16-40(15-20)26-13-29(39-30(14-26)41-17-22(35)12-23(36)18-41)37-24-6-8-25(9-7-24)38-32(43)28-10-5-19-3-1-2-4-27(19)31(28)42/h13-22,25-26,34-37,62H,23-24,27-30H2,1-12H3,(H,53,59)(H,54,63)(H,55,64)(H,56,65)(H,57,66)(H,58,67);1-10,13-14,20-23,42H,11-12,15-18,33-36H2,(H,37,39)(H,38,43)/t34-,35+,36-,37+;20-,21+,22-,23+. The first kappa shape index (κ1) is 83.3. The number of pyridine rings is 2. The Balaban J connectivity index is 0.000000252. The number of phenols is 2. The molecule has 0 radical (unpaired) electrons. The van der Waals surface area contributed by atoms with Crippen LogP contribution >= 0.6 is 0 Å². The molecule has 2 aromatic heterocycles. The van der Waals surface area contributed by atoms with Gasteiger partial charge in [-0.25, -0.2) is 29.1 Å². The van der Waals surface area contributed by atoms with Crippen LogP contribution < -0.4 is 85.1 Å². The molecule has 8 aromatic rings. The molecule has 4 aliphatic heterocycles. The van der Waals surface area contributed by atoms with Gasteiger partial charge >= 0.3 is 24.4 Å². The number of nitrogens with zero attached hydrogens (tertiary/aromatic N) is 6. The number of anilines is 10. The molecule has 30 heteroatoms. The van der Waals surface area contributed by atoms with Crippen molar-refractivity contribution in [3.63, 3.8) is 0 Å². The molecule has 18 N–H and O–H groups in total. The average Bonchev–Trinajstić information content (AvgIpc) is 0.827. The fourth-order valence-corrected chi connectivity index (χ4v) is 14.3. The molecule has 4 fully saturated rings. The third-order valence-corrected chi connectivity index (χ3v) is 18.9. The number of ether oxygens (including phenoxy) is 4. The highest BCUT2D eigenvalue weighted by atomic mass is 16.6. The summed E-state index contributed by atoms with van der Waals surface area (Å²) >= 11 is 0. The number of piperidine rings is 4. The first-order valence-corrected chi connectivity index (χ1v) is 38.6. The van der Waals surface area contributed by atoms with Crippen LogP contribution in [0, 0.1) is 0 Å². The Morgan fingerprint density at radius 1 is 0.368 bits per heavy atom. The first-order valence-electron chi connectivity index (χ1n) is 38.6. The number of nitrogens with two attached hydrogens (primary N) is 4. The maximum atomic E-state index is 13.4. The Morgan fingerprint density at radius 3 is 0.991 bits per heavy atom. The van der Waals surface area contributed by atoms with Gasteiger partial charge in [0.1, 0.15) is 57.2 Å². The Labute approximate surface area is 665 Å². The molecule has 0 saturated carbocycles. The minimum Gasteiger partial charge on any atom is -0.506 e. The smallest absolute Gasteiger partial charge is 0.407 e. The van der Waals surface area contributed by atoms with Gasteiger partial charge in [0.25, 0.3) is 11.8 Å². The number of alkyl carbamates (subject to hydrolysis) is 4. The number of rotatable bonds is 16. The van der Waals surface area contributed by atoms with Crippen molar-refractivity contribution < 1.29 is 57.9 Å². The summed E-state index contributed by atoms with van der Waals surface area (Å²) in [5.74, 6) is 1.32. The number of carbonyl (C=O) groups is 6. The normalized spacial score (nSPS) is 20.1. The maximum Gasteiger partial charge on any atom is 0.407 e. The van der Waals surface area contributed by atoms with E-state index in [2.05, 4.69) is 58.4 Å². The van der Waals surface area contributed by atoms with Crippen molar-refractivity contribution in [2.75, 3.05) is 93.2 Å². The van der Waals surface area contributed by atoms with Gasteiger partial charge in [-0.1, -0.05) is 60.7 Å². The number of phenolic OH excluding ortho intramolecular Hbond substituents is 2. The fraction of sp³-hybridized carbons (Fsp3) is 0.429. The molecule has 114 heavy (non-hydrogen) atoms. The zero-order valence-electron chi connectivity index (χ0n) is 66.9. The molecule has 6 aromatic carbocycles. The molecule has 0 unspecified atom stereocenters. The third kappa shape index (κ3) is 23.7. The Kier molecular flexibility index (Phi) is 25.7. The number of fused-ring (bicyclic) bond motifs is 2. The van der Waals surface area contributed by atoms with Crippen molar-refractivity contribution >= 4 is 115 Å². The van der Waals surface area contributed by atoms with E-state index in [1.165, 1.54) is 0 Å². The third-order valence-electron chi connectivity index (χ3n) is 18.9.